The maximum absolute atomic E-state index is 11.4. The standard InChI is InChI=1S/C14H18N2O3/c15-13(17)11-6-2-1-5-10(11)9-16-8-4-3-7-12(16)14(18)19/h1-2,5-6,12H,3-4,7-9H2,(H2,15,17)(H,18,19). The Morgan fingerprint density at radius 2 is 2.05 bits per heavy atom. The number of primary amides is 1. The lowest BCUT2D eigenvalue weighted by Crippen LogP contribution is -2.44. The lowest BCUT2D eigenvalue weighted by molar-refractivity contribution is -0.144. The normalized spacial score (nSPS) is 20.1. The van der Waals surface area contributed by atoms with Crippen molar-refractivity contribution in [3.8, 4) is 0 Å². The number of piperidine rings is 1. The van der Waals surface area contributed by atoms with Crippen molar-refractivity contribution in [3.63, 3.8) is 0 Å². The second-order valence-electron chi connectivity index (χ2n) is 4.84. The fraction of sp³-hybridized carbons (Fsp3) is 0.429. The molecule has 1 fully saturated rings. The number of aliphatic carboxylic acids is 1. The van der Waals surface area contributed by atoms with Crippen LogP contribution in [0.1, 0.15) is 35.2 Å². The lowest BCUT2D eigenvalue weighted by atomic mass is 9.99. The molecular weight excluding hydrogens is 244 g/mol. The SMILES string of the molecule is NC(=O)c1ccccc1CN1CCCCC1C(=O)O. The molecule has 1 aliphatic heterocycles. The van der Waals surface area contributed by atoms with E-state index >= 15 is 0 Å². The van der Waals surface area contributed by atoms with Gasteiger partial charge in [-0.05, 0) is 31.0 Å². The number of amides is 1. The van der Waals surface area contributed by atoms with E-state index in [2.05, 4.69) is 0 Å². The minimum Gasteiger partial charge on any atom is -0.480 e. The van der Waals surface area contributed by atoms with Crippen molar-refractivity contribution in [2.45, 2.75) is 31.8 Å². The van der Waals surface area contributed by atoms with Crippen LogP contribution in [0.15, 0.2) is 24.3 Å². The summed E-state index contributed by atoms with van der Waals surface area (Å²) in [6.07, 6.45) is 2.58. The molecule has 1 heterocycles. The molecule has 1 aromatic rings. The van der Waals surface area contributed by atoms with Crippen molar-refractivity contribution in [2.24, 2.45) is 5.73 Å². The Kier molecular flexibility index (Phi) is 4.16. The van der Waals surface area contributed by atoms with Crippen LogP contribution in [0.4, 0.5) is 0 Å². The molecule has 1 saturated heterocycles. The van der Waals surface area contributed by atoms with Gasteiger partial charge in [-0.25, -0.2) is 0 Å². The molecule has 1 aromatic carbocycles. The third kappa shape index (κ3) is 3.12. The van der Waals surface area contributed by atoms with E-state index in [-0.39, 0.29) is 0 Å². The van der Waals surface area contributed by atoms with Gasteiger partial charge in [-0.15, -0.1) is 0 Å². The lowest BCUT2D eigenvalue weighted by Gasteiger charge is -2.33. The molecule has 1 unspecified atom stereocenters. The van der Waals surface area contributed by atoms with Gasteiger partial charge in [0.05, 0.1) is 0 Å². The molecule has 0 saturated carbocycles. The number of hydrogen-bond donors (Lipinski definition) is 2. The highest BCUT2D eigenvalue weighted by molar-refractivity contribution is 5.94. The van der Waals surface area contributed by atoms with Crippen LogP contribution in [0.2, 0.25) is 0 Å². The Balaban J connectivity index is 2.19. The van der Waals surface area contributed by atoms with E-state index in [9.17, 15) is 14.7 Å². The summed E-state index contributed by atoms with van der Waals surface area (Å²) in [6.45, 7) is 1.19. The number of benzene rings is 1. The Morgan fingerprint density at radius 3 is 2.74 bits per heavy atom. The van der Waals surface area contributed by atoms with Crippen LogP contribution < -0.4 is 5.73 Å². The van der Waals surface area contributed by atoms with Gasteiger partial charge >= 0.3 is 5.97 Å². The van der Waals surface area contributed by atoms with E-state index in [1.807, 2.05) is 17.0 Å². The van der Waals surface area contributed by atoms with Gasteiger partial charge in [0.1, 0.15) is 6.04 Å². The summed E-state index contributed by atoms with van der Waals surface area (Å²) < 4.78 is 0. The molecule has 0 bridgehead atoms. The number of nitrogens with two attached hydrogens (primary N) is 1. The summed E-state index contributed by atoms with van der Waals surface area (Å²) in [4.78, 5) is 24.5. The molecule has 1 amide bonds. The first-order chi connectivity index (χ1) is 9.09. The van der Waals surface area contributed by atoms with Gasteiger partial charge in [-0.1, -0.05) is 24.6 Å². The monoisotopic (exact) mass is 262 g/mol. The van der Waals surface area contributed by atoms with E-state index in [0.29, 0.717) is 18.5 Å². The van der Waals surface area contributed by atoms with Gasteiger partial charge < -0.3 is 10.8 Å². The van der Waals surface area contributed by atoms with Crippen molar-refractivity contribution in [1.82, 2.24) is 4.90 Å². The molecule has 5 heteroatoms. The zero-order chi connectivity index (χ0) is 13.8. The number of carboxylic acid groups (broad SMARTS) is 1. The van der Waals surface area contributed by atoms with Crippen LogP contribution in [-0.4, -0.2) is 34.5 Å². The second kappa shape index (κ2) is 5.84. The third-order valence-electron chi connectivity index (χ3n) is 3.55. The molecule has 19 heavy (non-hydrogen) atoms. The van der Waals surface area contributed by atoms with Gasteiger partial charge in [0.2, 0.25) is 5.91 Å². The zero-order valence-electron chi connectivity index (χ0n) is 10.7. The van der Waals surface area contributed by atoms with Crippen molar-refractivity contribution in [1.29, 1.82) is 0 Å². The Hall–Kier alpha value is -1.88. The fourth-order valence-corrected chi connectivity index (χ4v) is 2.58. The average Bonchev–Trinajstić information content (AvgIpc) is 2.39. The van der Waals surface area contributed by atoms with Crippen molar-refractivity contribution in [2.75, 3.05) is 6.54 Å². The molecule has 1 atom stereocenters. The summed E-state index contributed by atoms with van der Waals surface area (Å²) in [5.74, 6) is -1.27. The first kappa shape index (κ1) is 13.5. The smallest absolute Gasteiger partial charge is 0.320 e. The topological polar surface area (TPSA) is 83.6 Å². The van der Waals surface area contributed by atoms with Crippen molar-refractivity contribution < 1.29 is 14.7 Å². The van der Waals surface area contributed by atoms with Crippen LogP contribution in [-0.2, 0) is 11.3 Å². The van der Waals surface area contributed by atoms with Crippen LogP contribution in [0.5, 0.6) is 0 Å². The molecule has 2 rings (SSSR count). The van der Waals surface area contributed by atoms with E-state index < -0.39 is 17.9 Å². The summed E-state index contributed by atoms with van der Waals surface area (Å²) in [5, 5.41) is 9.23. The molecule has 102 valence electrons. The van der Waals surface area contributed by atoms with E-state index in [0.717, 1.165) is 24.9 Å². The predicted octanol–water partition coefficient (Wildman–Crippen LogP) is 1.22. The number of carboxylic acids is 1. The summed E-state index contributed by atoms with van der Waals surface area (Å²) in [5.41, 5.74) is 6.60. The molecule has 0 spiro atoms. The molecule has 1 aliphatic rings. The highest BCUT2D eigenvalue weighted by atomic mass is 16.4. The molecule has 5 nitrogen and oxygen atoms in total. The van der Waals surface area contributed by atoms with E-state index in [1.54, 1.807) is 12.1 Å². The van der Waals surface area contributed by atoms with Gasteiger partial charge in [0, 0.05) is 12.1 Å². The predicted molar refractivity (Wildman–Crippen MR) is 70.6 cm³/mol. The number of hydrogen-bond acceptors (Lipinski definition) is 3. The van der Waals surface area contributed by atoms with Gasteiger partial charge in [0.15, 0.2) is 0 Å². The molecule has 0 aromatic heterocycles. The number of likely N-dealkylation sites (tertiary alicyclic amines) is 1. The van der Waals surface area contributed by atoms with E-state index in [1.165, 1.54) is 0 Å². The first-order valence-electron chi connectivity index (χ1n) is 6.44. The second-order valence-corrected chi connectivity index (χ2v) is 4.84. The van der Waals surface area contributed by atoms with Crippen LogP contribution in [0, 0.1) is 0 Å². The maximum atomic E-state index is 11.4. The molecule has 0 aliphatic carbocycles. The summed E-state index contributed by atoms with van der Waals surface area (Å²) >= 11 is 0. The van der Waals surface area contributed by atoms with Crippen LogP contribution in [0.25, 0.3) is 0 Å². The minimum atomic E-state index is -0.795. The fourth-order valence-electron chi connectivity index (χ4n) is 2.58. The van der Waals surface area contributed by atoms with Crippen LogP contribution in [0.3, 0.4) is 0 Å². The Bertz CT molecular complexity index is 487. The minimum absolute atomic E-state index is 0.454. The van der Waals surface area contributed by atoms with Crippen molar-refractivity contribution >= 4 is 11.9 Å². The largest absolute Gasteiger partial charge is 0.480 e. The van der Waals surface area contributed by atoms with Gasteiger partial charge in [-0.3, -0.25) is 14.5 Å². The Morgan fingerprint density at radius 1 is 1.32 bits per heavy atom. The highest BCUT2D eigenvalue weighted by Crippen LogP contribution is 2.21. The number of carbonyl (C=O) groups excluding carboxylic acids is 1. The van der Waals surface area contributed by atoms with E-state index in [4.69, 9.17) is 5.73 Å². The van der Waals surface area contributed by atoms with Gasteiger partial charge in [0.25, 0.3) is 0 Å². The zero-order valence-corrected chi connectivity index (χ0v) is 10.7. The maximum Gasteiger partial charge on any atom is 0.320 e. The Labute approximate surface area is 112 Å². The highest BCUT2D eigenvalue weighted by Gasteiger charge is 2.28. The molecular formula is C14H18N2O3. The number of nitrogens with zero attached hydrogens (tertiary/aromatic N) is 1. The van der Waals surface area contributed by atoms with Crippen molar-refractivity contribution in [3.05, 3.63) is 35.4 Å². The average molecular weight is 262 g/mol. The number of carbonyl (C=O) groups is 2. The number of rotatable bonds is 4. The van der Waals surface area contributed by atoms with Crippen LogP contribution >= 0.6 is 0 Å². The first-order valence-corrected chi connectivity index (χ1v) is 6.44. The quantitative estimate of drug-likeness (QED) is 0.854. The third-order valence-corrected chi connectivity index (χ3v) is 3.55. The summed E-state index contributed by atoms with van der Waals surface area (Å²) in [6, 6.07) is 6.63. The molecule has 0 radical (unpaired) electrons. The van der Waals surface area contributed by atoms with Gasteiger partial charge in [-0.2, -0.15) is 0 Å². The summed E-state index contributed by atoms with van der Waals surface area (Å²) in [7, 11) is 0. The molecule has 3 N–H and O–H groups in total.